The average molecular weight is 315 g/mol. The molecule has 0 unspecified atom stereocenters. The summed E-state index contributed by atoms with van der Waals surface area (Å²) in [7, 11) is 1.65. The minimum atomic E-state index is 0.665. The molecule has 0 aliphatic heterocycles. The number of benzene rings is 2. The smallest absolute Gasteiger partial charge is 0.146 e. The van der Waals surface area contributed by atoms with Crippen molar-refractivity contribution in [2.24, 2.45) is 0 Å². The van der Waals surface area contributed by atoms with Crippen LogP contribution in [0.25, 0.3) is 32.4 Å². The van der Waals surface area contributed by atoms with Crippen molar-refractivity contribution in [1.29, 1.82) is 0 Å². The van der Waals surface area contributed by atoms with Gasteiger partial charge in [0.05, 0.1) is 7.11 Å². The first-order chi connectivity index (χ1) is 10.3. The molecule has 4 heteroatoms. The highest BCUT2D eigenvalue weighted by atomic mass is 35.5. The largest absolute Gasteiger partial charge is 0.497 e. The van der Waals surface area contributed by atoms with Crippen LogP contribution in [0.1, 0.15) is 0 Å². The van der Waals surface area contributed by atoms with E-state index in [0.29, 0.717) is 5.02 Å². The van der Waals surface area contributed by atoms with Crippen molar-refractivity contribution in [1.82, 2.24) is 0 Å². The van der Waals surface area contributed by atoms with Gasteiger partial charge >= 0.3 is 0 Å². The molecule has 2 nitrogen and oxygen atoms in total. The molecule has 4 rings (SSSR count). The molecule has 0 spiro atoms. The molecule has 0 saturated carbocycles. The van der Waals surface area contributed by atoms with Crippen LogP contribution >= 0.6 is 22.9 Å². The molecule has 2 aromatic carbocycles. The fourth-order valence-corrected chi connectivity index (χ4v) is 3.78. The van der Waals surface area contributed by atoms with Gasteiger partial charge in [-0.05, 0) is 29.8 Å². The summed E-state index contributed by atoms with van der Waals surface area (Å²) in [5, 5.41) is 4.97. The molecule has 0 aliphatic carbocycles. The Kier molecular flexibility index (Phi) is 2.91. The van der Waals surface area contributed by atoms with Crippen LogP contribution in [0.4, 0.5) is 0 Å². The molecule has 0 aliphatic rings. The highest BCUT2D eigenvalue weighted by Crippen LogP contribution is 2.42. The van der Waals surface area contributed by atoms with Crippen LogP contribution < -0.4 is 4.74 Å². The standard InChI is InChI=1S/C17H11ClO2S/c1-19-12-7-10(6-11(18)8-12)17-16-13-4-2-3-5-14(13)20-15(16)9-21-17/h2-9H,1H3. The van der Waals surface area contributed by atoms with Gasteiger partial charge in [0.15, 0.2) is 0 Å². The van der Waals surface area contributed by atoms with Crippen LogP contribution in [0, 0.1) is 0 Å². The zero-order valence-corrected chi connectivity index (χ0v) is 12.8. The SMILES string of the molecule is COc1cc(Cl)cc(-c2scc3oc4ccccc4c23)c1. The van der Waals surface area contributed by atoms with Gasteiger partial charge in [-0.3, -0.25) is 0 Å². The summed E-state index contributed by atoms with van der Waals surface area (Å²) < 4.78 is 11.2. The molecule has 104 valence electrons. The van der Waals surface area contributed by atoms with Gasteiger partial charge < -0.3 is 9.15 Å². The van der Waals surface area contributed by atoms with Crippen LogP contribution in [0.3, 0.4) is 0 Å². The van der Waals surface area contributed by atoms with Gasteiger partial charge in [-0.1, -0.05) is 29.8 Å². The fourth-order valence-electron chi connectivity index (χ4n) is 2.58. The van der Waals surface area contributed by atoms with Crippen molar-refractivity contribution in [3.8, 4) is 16.2 Å². The van der Waals surface area contributed by atoms with Crippen LogP contribution in [-0.4, -0.2) is 7.11 Å². The second-order valence-corrected chi connectivity index (χ2v) is 6.10. The Balaban J connectivity index is 2.04. The number of methoxy groups -OCH3 is 1. The summed E-state index contributed by atoms with van der Waals surface area (Å²) in [6.07, 6.45) is 0. The highest BCUT2D eigenvalue weighted by molar-refractivity contribution is 7.15. The third-order valence-corrected chi connectivity index (χ3v) is 4.73. The van der Waals surface area contributed by atoms with Gasteiger partial charge in [0.1, 0.15) is 16.9 Å². The van der Waals surface area contributed by atoms with Crippen LogP contribution in [0.15, 0.2) is 52.3 Å². The lowest BCUT2D eigenvalue weighted by molar-refractivity contribution is 0.415. The maximum atomic E-state index is 6.19. The van der Waals surface area contributed by atoms with Gasteiger partial charge in [0.25, 0.3) is 0 Å². The van der Waals surface area contributed by atoms with Crippen molar-refractivity contribution in [3.63, 3.8) is 0 Å². The Hall–Kier alpha value is -1.97. The predicted molar refractivity (Wildman–Crippen MR) is 88.6 cm³/mol. The molecule has 0 fully saturated rings. The molecule has 0 saturated heterocycles. The maximum absolute atomic E-state index is 6.19. The van der Waals surface area contributed by atoms with E-state index in [1.807, 2.05) is 41.8 Å². The van der Waals surface area contributed by atoms with Crippen molar-refractivity contribution >= 4 is 44.9 Å². The monoisotopic (exact) mass is 314 g/mol. The second-order valence-electron chi connectivity index (χ2n) is 4.78. The van der Waals surface area contributed by atoms with E-state index in [0.717, 1.165) is 38.1 Å². The molecule has 2 heterocycles. The lowest BCUT2D eigenvalue weighted by Gasteiger charge is -2.04. The summed E-state index contributed by atoms with van der Waals surface area (Å²) in [6.45, 7) is 0. The van der Waals surface area contributed by atoms with E-state index < -0.39 is 0 Å². The molecule has 4 aromatic rings. The first-order valence-corrected chi connectivity index (χ1v) is 7.76. The van der Waals surface area contributed by atoms with E-state index >= 15 is 0 Å². The number of para-hydroxylation sites is 1. The fraction of sp³-hybridized carbons (Fsp3) is 0.0588. The molecule has 0 bridgehead atoms. The summed E-state index contributed by atoms with van der Waals surface area (Å²) in [4.78, 5) is 1.15. The number of ether oxygens (including phenoxy) is 1. The topological polar surface area (TPSA) is 22.4 Å². The van der Waals surface area contributed by atoms with Gasteiger partial charge in [0.2, 0.25) is 0 Å². The predicted octanol–water partition coefficient (Wildman–Crippen LogP) is 5.98. The third kappa shape index (κ3) is 2.01. The zero-order valence-electron chi connectivity index (χ0n) is 11.2. The van der Waals surface area contributed by atoms with E-state index in [-0.39, 0.29) is 0 Å². The van der Waals surface area contributed by atoms with Gasteiger partial charge in [-0.2, -0.15) is 0 Å². The molecule has 0 radical (unpaired) electrons. The van der Waals surface area contributed by atoms with E-state index in [2.05, 4.69) is 6.07 Å². The Bertz CT molecular complexity index is 952. The Morgan fingerprint density at radius 1 is 1.10 bits per heavy atom. The molecule has 0 amide bonds. The van der Waals surface area contributed by atoms with Crippen molar-refractivity contribution in [2.75, 3.05) is 7.11 Å². The van der Waals surface area contributed by atoms with E-state index in [1.165, 1.54) is 0 Å². The van der Waals surface area contributed by atoms with E-state index in [4.69, 9.17) is 20.8 Å². The quantitative estimate of drug-likeness (QED) is 0.454. The summed E-state index contributed by atoms with van der Waals surface area (Å²) in [5.41, 5.74) is 2.87. The molecule has 0 N–H and O–H groups in total. The first kappa shape index (κ1) is 12.7. The number of rotatable bonds is 2. The number of furan rings is 1. The summed E-state index contributed by atoms with van der Waals surface area (Å²) in [6, 6.07) is 13.8. The van der Waals surface area contributed by atoms with Crippen molar-refractivity contribution in [3.05, 3.63) is 52.9 Å². The average Bonchev–Trinajstić information content (AvgIpc) is 3.05. The first-order valence-electron chi connectivity index (χ1n) is 6.50. The van der Waals surface area contributed by atoms with Gasteiger partial charge in [0, 0.05) is 26.1 Å². The highest BCUT2D eigenvalue weighted by Gasteiger charge is 2.15. The molecule has 21 heavy (non-hydrogen) atoms. The second kappa shape index (κ2) is 4.79. The summed E-state index contributed by atoms with van der Waals surface area (Å²) in [5.74, 6) is 0.756. The minimum Gasteiger partial charge on any atom is -0.497 e. The number of hydrogen-bond acceptors (Lipinski definition) is 3. The summed E-state index contributed by atoms with van der Waals surface area (Å²) >= 11 is 7.85. The van der Waals surface area contributed by atoms with E-state index in [9.17, 15) is 0 Å². The lowest BCUT2D eigenvalue weighted by Crippen LogP contribution is -1.83. The zero-order chi connectivity index (χ0) is 14.4. The number of thiophene rings is 1. The van der Waals surface area contributed by atoms with Crippen LogP contribution in [0.5, 0.6) is 5.75 Å². The minimum absolute atomic E-state index is 0.665. The van der Waals surface area contributed by atoms with Crippen LogP contribution in [-0.2, 0) is 0 Å². The lowest BCUT2D eigenvalue weighted by atomic mass is 10.1. The Labute approximate surface area is 130 Å². The molecular formula is C17H11ClO2S. The van der Waals surface area contributed by atoms with Crippen LogP contribution in [0.2, 0.25) is 5.02 Å². The van der Waals surface area contributed by atoms with Gasteiger partial charge in [-0.15, -0.1) is 11.3 Å². The Morgan fingerprint density at radius 2 is 1.95 bits per heavy atom. The van der Waals surface area contributed by atoms with E-state index in [1.54, 1.807) is 18.4 Å². The van der Waals surface area contributed by atoms with Gasteiger partial charge in [-0.25, -0.2) is 0 Å². The molecular weight excluding hydrogens is 304 g/mol. The number of hydrogen-bond donors (Lipinski definition) is 0. The normalized spacial score (nSPS) is 11.3. The third-order valence-electron chi connectivity index (χ3n) is 3.50. The maximum Gasteiger partial charge on any atom is 0.146 e. The van der Waals surface area contributed by atoms with Crippen molar-refractivity contribution in [2.45, 2.75) is 0 Å². The number of fused-ring (bicyclic) bond motifs is 3. The number of halogens is 1. The molecule has 0 atom stereocenters. The molecule has 2 aromatic heterocycles. The van der Waals surface area contributed by atoms with Crippen molar-refractivity contribution < 1.29 is 9.15 Å². The Morgan fingerprint density at radius 3 is 2.81 bits per heavy atom.